The number of hydrogen-bond acceptors (Lipinski definition) is 9. The second-order valence-electron chi connectivity index (χ2n) is 6.86. The van der Waals surface area contributed by atoms with Crippen LogP contribution in [-0.2, 0) is 38.0 Å². The second kappa shape index (κ2) is 16.5. The predicted molar refractivity (Wildman–Crippen MR) is 115 cm³/mol. The van der Waals surface area contributed by atoms with Crippen LogP contribution >= 0.6 is 0 Å². The van der Waals surface area contributed by atoms with Crippen LogP contribution in [0, 0.1) is 0 Å². The quantitative estimate of drug-likeness (QED) is 0.255. The minimum Gasteiger partial charge on any atom is -0.377 e. The van der Waals surface area contributed by atoms with Gasteiger partial charge in [0.1, 0.15) is 0 Å². The van der Waals surface area contributed by atoms with Gasteiger partial charge in [-0.2, -0.15) is 8.42 Å². The van der Waals surface area contributed by atoms with Crippen molar-refractivity contribution in [1.82, 2.24) is 5.32 Å². The van der Waals surface area contributed by atoms with Gasteiger partial charge in [-0.25, -0.2) is 0 Å². The largest absolute Gasteiger partial charge is 0.377 e. The molecular formula is C21H35NO8S. The third kappa shape index (κ3) is 12.5. The number of piperidine rings is 1. The third-order valence-electron chi connectivity index (χ3n) is 4.48. The summed E-state index contributed by atoms with van der Waals surface area (Å²) in [5.74, 6) is 0. The van der Waals surface area contributed by atoms with Crippen molar-refractivity contribution in [2.24, 2.45) is 0 Å². The standard InChI is InChI=1S/C21H35NO8S/c23-31(24,21-4-2-1-3-5-21)30-19-17-28-15-13-26-11-10-25-12-14-27-16-18-29-20-6-8-22-9-7-20/h1-5,20,22H,6-19H2. The minimum absolute atomic E-state index is 0.0384. The van der Waals surface area contributed by atoms with Gasteiger partial charge in [0.15, 0.2) is 0 Å². The molecule has 0 saturated carbocycles. The van der Waals surface area contributed by atoms with E-state index in [1.54, 1.807) is 18.2 Å². The smallest absolute Gasteiger partial charge is 0.297 e. The minimum atomic E-state index is -3.73. The first-order chi connectivity index (χ1) is 15.2. The first-order valence-electron chi connectivity index (χ1n) is 10.8. The lowest BCUT2D eigenvalue weighted by Gasteiger charge is -2.22. The van der Waals surface area contributed by atoms with Gasteiger partial charge in [0, 0.05) is 0 Å². The molecule has 0 atom stereocenters. The molecule has 1 heterocycles. The topological polar surface area (TPSA) is 102 Å². The Hall–Kier alpha value is -1.11. The molecule has 1 aliphatic heterocycles. The molecule has 1 N–H and O–H groups in total. The molecule has 0 radical (unpaired) electrons. The van der Waals surface area contributed by atoms with Crippen molar-refractivity contribution in [3.63, 3.8) is 0 Å². The van der Waals surface area contributed by atoms with Gasteiger partial charge in [-0.1, -0.05) is 18.2 Å². The van der Waals surface area contributed by atoms with E-state index < -0.39 is 10.1 Å². The highest BCUT2D eigenvalue weighted by atomic mass is 32.2. The van der Waals surface area contributed by atoms with E-state index in [-0.39, 0.29) is 18.1 Å². The molecule has 10 heteroatoms. The summed E-state index contributed by atoms with van der Waals surface area (Å²) >= 11 is 0. The van der Waals surface area contributed by atoms with Crippen LogP contribution in [-0.4, -0.2) is 93.7 Å². The van der Waals surface area contributed by atoms with E-state index in [0.717, 1.165) is 25.9 Å². The van der Waals surface area contributed by atoms with E-state index in [1.165, 1.54) is 12.1 Å². The van der Waals surface area contributed by atoms with Crippen LogP contribution in [0.4, 0.5) is 0 Å². The van der Waals surface area contributed by atoms with Gasteiger partial charge in [-0.15, -0.1) is 0 Å². The fourth-order valence-corrected chi connectivity index (χ4v) is 3.77. The Morgan fingerprint density at radius 2 is 1.19 bits per heavy atom. The Balaban J connectivity index is 1.29. The van der Waals surface area contributed by atoms with Crippen LogP contribution in [0.5, 0.6) is 0 Å². The van der Waals surface area contributed by atoms with Crippen LogP contribution in [0.2, 0.25) is 0 Å². The van der Waals surface area contributed by atoms with E-state index in [0.29, 0.717) is 59.0 Å². The molecule has 0 amide bonds. The van der Waals surface area contributed by atoms with Crippen LogP contribution in [0.1, 0.15) is 12.8 Å². The SMILES string of the molecule is O=S(=O)(OCCOCCOCCOCCOCCOC1CCNCC1)c1ccccc1. The lowest BCUT2D eigenvalue weighted by Crippen LogP contribution is -2.33. The average Bonchev–Trinajstić information content (AvgIpc) is 2.80. The molecule has 178 valence electrons. The number of ether oxygens (including phenoxy) is 5. The molecule has 0 bridgehead atoms. The molecule has 0 unspecified atom stereocenters. The van der Waals surface area contributed by atoms with E-state index in [1.807, 2.05) is 0 Å². The zero-order valence-electron chi connectivity index (χ0n) is 18.0. The average molecular weight is 462 g/mol. The fraction of sp³-hybridized carbons (Fsp3) is 0.714. The summed E-state index contributed by atoms with van der Waals surface area (Å²) in [5, 5.41) is 3.31. The van der Waals surface area contributed by atoms with Crippen molar-refractivity contribution in [2.45, 2.75) is 23.8 Å². The molecule has 0 spiro atoms. The van der Waals surface area contributed by atoms with Gasteiger partial charge in [0.05, 0.1) is 77.1 Å². The van der Waals surface area contributed by atoms with Gasteiger partial charge in [-0.3, -0.25) is 4.18 Å². The third-order valence-corrected chi connectivity index (χ3v) is 5.81. The Morgan fingerprint density at radius 1 is 0.710 bits per heavy atom. The van der Waals surface area contributed by atoms with Gasteiger partial charge in [-0.05, 0) is 38.1 Å². The lowest BCUT2D eigenvalue weighted by molar-refractivity contribution is -0.0284. The van der Waals surface area contributed by atoms with Gasteiger partial charge in [0.25, 0.3) is 10.1 Å². The highest BCUT2D eigenvalue weighted by Gasteiger charge is 2.14. The molecule has 9 nitrogen and oxygen atoms in total. The molecule has 1 saturated heterocycles. The summed E-state index contributed by atoms with van der Waals surface area (Å²) in [6.45, 7) is 6.14. The maximum Gasteiger partial charge on any atom is 0.297 e. The molecule has 2 rings (SSSR count). The predicted octanol–water partition coefficient (Wildman–Crippen LogP) is 1.23. The maximum absolute atomic E-state index is 11.9. The van der Waals surface area contributed by atoms with Crippen LogP contribution in [0.15, 0.2) is 35.2 Å². The zero-order valence-corrected chi connectivity index (χ0v) is 18.9. The normalized spacial score (nSPS) is 15.4. The molecule has 0 aliphatic carbocycles. The Labute approximate surface area is 185 Å². The second-order valence-corrected chi connectivity index (χ2v) is 8.47. The molecule has 1 aromatic carbocycles. The van der Waals surface area contributed by atoms with Gasteiger partial charge in [0.2, 0.25) is 0 Å². The van der Waals surface area contributed by atoms with Crippen molar-refractivity contribution in [3.05, 3.63) is 30.3 Å². The summed E-state index contributed by atoms with van der Waals surface area (Å²) in [4.78, 5) is 0.134. The molecule has 1 aliphatic rings. The van der Waals surface area contributed by atoms with Crippen molar-refractivity contribution < 1.29 is 36.3 Å². The van der Waals surface area contributed by atoms with Gasteiger partial charge < -0.3 is 29.0 Å². The molecule has 1 aromatic rings. The van der Waals surface area contributed by atoms with E-state index in [4.69, 9.17) is 27.9 Å². The number of nitrogens with one attached hydrogen (secondary N) is 1. The monoisotopic (exact) mass is 461 g/mol. The number of rotatable bonds is 18. The Kier molecular flexibility index (Phi) is 13.9. The highest BCUT2D eigenvalue weighted by Crippen LogP contribution is 2.10. The summed E-state index contributed by atoms with van der Waals surface area (Å²) in [6, 6.07) is 8.01. The summed E-state index contributed by atoms with van der Waals surface area (Å²) in [7, 11) is -3.73. The van der Waals surface area contributed by atoms with E-state index >= 15 is 0 Å². The number of hydrogen-bond donors (Lipinski definition) is 1. The fourth-order valence-electron chi connectivity index (χ4n) is 2.86. The lowest BCUT2D eigenvalue weighted by atomic mass is 10.1. The van der Waals surface area contributed by atoms with Crippen LogP contribution in [0.25, 0.3) is 0 Å². The number of benzene rings is 1. The van der Waals surface area contributed by atoms with E-state index in [2.05, 4.69) is 5.32 Å². The Bertz CT molecular complexity index is 653. The van der Waals surface area contributed by atoms with Crippen molar-refractivity contribution >= 4 is 10.1 Å². The van der Waals surface area contributed by atoms with Crippen molar-refractivity contribution in [2.75, 3.05) is 79.2 Å². The Morgan fingerprint density at radius 3 is 1.74 bits per heavy atom. The van der Waals surface area contributed by atoms with Crippen LogP contribution < -0.4 is 5.32 Å². The molecule has 0 aromatic heterocycles. The summed E-state index contributed by atoms with van der Waals surface area (Å²) in [5.41, 5.74) is 0. The molecule has 1 fully saturated rings. The summed E-state index contributed by atoms with van der Waals surface area (Å²) in [6.07, 6.45) is 2.49. The van der Waals surface area contributed by atoms with Crippen molar-refractivity contribution in [1.29, 1.82) is 0 Å². The summed E-state index contributed by atoms with van der Waals surface area (Å²) < 4.78 is 56.1. The van der Waals surface area contributed by atoms with Crippen molar-refractivity contribution in [3.8, 4) is 0 Å². The first kappa shape index (κ1) is 26.1. The van der Waals surface area contributed by atoms with E-state index in [9.17, 15) is 8.42 Å². The zero-order chi connectivity index (χ0) is 22.0. The molecular weight excluding hydrogens is 426 g/mol. The maximum atomic E-state index is 11.9. The highest BCUT2D eigenvalue weighted by molar-refractivity contribution is 7.86. The molecule has 31 heavy (non-hydrogen) atoms. The van der Waals surface area contributed by atoms with Crippen LogP contribution in [0.3, 0.4) is 0 Å². The first-order valence-corrected chi connectivity index (χ1v) is 12.2. The van der Waals surface area contributed by atoms with Gasteiger partial charge >= 0.3 is 0 Å².